The smallest absolute Gasteiger partial charge is 0.226 e. The van der Waals surface area contributed by atoms with E-state index < -0.39 is 5.79 Å². The van der Waals surface area contributed by atoms with Gasteiger partial charge in [0, 0.05) is 32.5 Å². The van der Waals surface area contributed by atoms with E-state index in [1.165, 1.54) is 0 Å². The Morgan fingerprint density at radius 2 is 1.67 bits per heavy atom. The molecule has 3 rings (SSSR count). The minimum atomic E-state index is -0.417. The van der Waals surface area contributed by atoms with Crippen molar-refractivity contribution in [2.75, 3.05) is 26.3 Å². The van der Waals surface area contributed by atoms with Crippen molar-refractivity contribution in [1.29, 1.82) is 0 Å². The molecule has 5 nitrogen and oxygen atoms in total. The summed E-state index contributed by atoms with van der Waals surface area (Å²) < 4.78 is 11.4. The molecule has 21 heavy (non-hydrogen) atoms. The maximum absolute atomic E-state index is 12.3. The fraction of sp³-hybridized carbons (Fsp3) is 0.562. The lowest BCUT2D eigenvalue weighted by atomic mass is 10.0. The van der Waals surface area contributed by atoms with Gasteiger partial charge in [-0.3, -0.25) is 4.79 Å². The highest BCUT2D eigenvalue weighted by Gasteiger charge is 2.40. The molecule has 5 heteroatoms. The van der Waals surface area contributed by atoms with Crippen LogP contribution in [-0.4, -0.2) is 42.9 Å². The Morgan fingerprint density at radius 3 is 2.24 bits per heavy atom. The Balaban J connectivity index is 1.54. The van der Waals surface area contributed by atoms with Gasteiger partial charge in [-0.15, -0.1) is 0 Å². The predicted octanol–water partition coefficient (Wildman–Crippen LogP) is 1.05. The van der Waals surface area contributed by atoms with Crippen LogP contribution < -0.4 is 5.73 Å². The molecule has 0 aliphatic carbocycles. The van der Waals surface area contributed by atoms with E-state index in [0.29, 0.717) is 39.3 Å². The van der Waals surface area contributed by atoms with Crippen LogP contribution in [0.2, 0.25) is 0 Å². The molecule has 0 unspecified atom stereocenters. The highest BCUT2D eigenvalue weighted by atomic mass is 16.7. The van der Waals surface area contributed by atoms with Crippen LogP contribution in [0, 0.1) is 0 Å². The number of nitrogens with zero attached hydrogens (tertiary/aromatic N) is 1. The summed E-state index contributed by atoms with van der Waals surface area (Å²) in [5.74, 6) is -0.247. The number of carbonyl (C=O) groups excluding carboxylic acids is 1. The number of benzene rings is 1. The zero-order valence-corrected chi connectivity index (χ0v) is 12.2. The van der Waals surface area contributed by atoms with Gasteiger partial charge in [0.25, 0.3) is 0 Å². The summed E-state index contributed by atoms with van der Waals surface area (Å²) in [6, 6.07) is 7.92. The van der Waals surface area contributed by atoms with Crippen LogP contribution in [0.3, 0.4) is 0 Å². The van der Waals surface area contributed by atoms with Gasteiger partial charge in [0.15, 0.2) is 5.79 Å². The fourth-order valence-corrected chi connectivity index (χ4v) is 2.96. The lowest BCUT2D eigenvalue weighted by molar-refractivity contribution is -0.187. The molecule has 0 atom stereocenters. The second-order valence-corrected chi connectivity index (χ2v) is 5.69. The van der Waals surface area contributed by atoms with Crippen LogP contribution in [0.4, 0.5) is 0 Å². The molecule has 1 amide bonds. The first-order chi connectivity index (χ1) is 10.2. The molecule has 2 fully saturated rings. The highest BCUT2D eigenvalue weighted by molar-refractivity contribution is 5.78. The Hall–Kier alpha value is -1.43. The first kappa shape index (κ1) is 14.5. The van der Waals surface area contributed by atoms with Crippen molar-refractivity contribution < 1.29 is 14.3 Å². The van der Waals surface area contributed by atoms with Gasteiger partial charge in [-0.2, -0.15) is 0 Å². The Labute approximate surface area is 125 Å². The van der Waals surface area contributed by atoms with E-state index in [2.05, 4.69) is 0 Å². The van der Waals surface area contributed by atoms with Crippen LogP contribution in [0.15, 0.2) is 24.3 Å². The second kappa shape index (κ2) is 6.13. The van der Waals surface area contributed by atoms with Gasteiger partial charge in [-0.1, -0.05) is 24.3 Å². The zero-order valence-electron chi connectivity index (χ0n) is 12.2. The van der Waals surface area contributed by atoms with Crippen molar-refractivity contribution in [3.8, 4) is 0 Å². The molecule has 1 aromatic rings. The highest BCUT2D eigenvalue weighted by Crippen LogP contribution is 2.31. The van der Waals surface area contributed by atoms with Crippen molar-refractivity contribution in [3.63, 3.8) is 0 Å². The third kappa shape index (κ3) is 3.26. The molecule has 2 heterocycles. The van der Waals surface area contributed by atoms with E-state index in [0.717, 1.165) is 24.0 Å². The molecule has 0 radical (unpaired) electrons. The first-order valence-electron chi connectivity index (χ1n) is 7.54. The number of amides is 1. The van der Waals surface area contributed by atoms with Crippen molar-refractivity contribution in [2.45, 2.75) is 31.6 Å². The second-order valence-electron chi connectivity index (χ2n) is 5.69. The Kier molecular flexibility index (Phi) is 4.24. The van der Waals surface area contributed by atoms with Crippen molar-refractivity contribution in [2.24, 2.45) is 5.73 Å². The van der Waals surface area contributed by atoms with Gasteiger partial charge >= 0.3 is 0 Å². The molecule has 0 aromatic heterocycles. The normalized spacial score (nSPS) is 20.9. The summed E-state index contributed by atoms with van der Waals surface area (Å²) in [7, 11) is 0. The summed E-state index contributed by atoms with van der Waals surface area (Å²) in [6.45, 7) is 3.28. The van der Waals surface area contributed by atoms with E-state index >= 15 is 0 Å². The fourth-order valence-electron chi connectivity index (χ4n) is 2.96. The van der Waals surface area contributed by atoms with Crippen molar-refractivity contribution in [1.82, 2.24) is 4.90 Å². The van der Waals surface area contributed by atoms with Crippen molar-refractivity contribution >= 4 is 5.91 Å². The van der Waals surface area contributed by atoms with E-state index in [-0.39, 0.29) is 5.91 Å². The topological polar surface area (TPSA) is 64.8 Å². The van der Waals surface area contributed by atoms with Gasteiger partial charge in [0.2, 0.25) is 5.91 Å². The van der Waals surface area contributed by atoms with Gasteiger partial charge in [-0.25, -0.2) is 0 Å². The molecule has 2 saturated heterocycles. The molecule has 0 bridgehead atoms. The Bertz CT molecular complexity index is 485. The minimum Gasteiger partial charge on any atom is -0.347 e. The zero-order chi connectivity index (χ0) is 14.7. The quantitative estimate of drug-likeness (QED) is 0.904. The number of nitrogens with two attached hydrogens (primary N) is 1. The maximum Gasteiger partial charge on any atom is 0.226 e. The number of carbonyl (C=O) groups is 1. The largest absolute Gasteiger partial charge is 0.347 e. The van der Waals surface area contributed by atoms with Crippen LogP contribution in [0.5, 0.6) is 0 Å². The average molecular weight is 290 g/mol. The maximum atomic E-state index is 12.3. The minimum absolute atomic E-state index is 0.170. The molecule has 1 aromatic carbocycles. The van der Waals surface area contributed by atoms with Crippen molar-refractivity contribution in [3.05, 3.63) is 35.4 Å². The molecular formula is C16H22N2O3. The number of hydrogen-bond acceptors (Lipinski definition) is 4. The standard InChI is InChI=1S/C16H22N2O3/c17-12-14-3-1-13(2-4-14)11-15(19)18-7-5-16(6-8-18)20-9-10-21-16/h1-4H,5-12,17H2. The van der Waals surface area contributed by atoms with Gasteiger partial charge in [-0.05, 0) is 11.1 Å². The van der Waals surface area contributed by atoms with E-state index in [9.17, 15) is 4.79 Å². The molecular weight excluding hydrogens is 268 g/mol. The molecule has 114 valence electrons. The molecule has 1 spiro atoms. The first-order valence-corrected chi connectivity index (χ1v) is 7.54. The summed E-state index contributed by atoms with van der Waals surface area (Å²) in [6.07, 6.45) is 1.98. The summed E-state index contributed by atoms with van der Waals surface area (Å²) >= 11 is 0. The molecule has 0 saturated carbocycles. The van der Waals surface area contributed by atoms with E-state index in [1.54, 1.807) is 0 Å². The van der Waals surface area contributed by atoms with Crippen LogP contribution in [-0.2, 0) is 27.2 Å². The van der Waals surface area contributed by atoms with E-state index in [1.807, 2.05) is 29.2 Å². The number of ether oxygens (including phenoxy) is 2. The van der Waals surface area contributed by atoms with Gasteiger partial charge in [0.1, 0.15) is 0 Å². The SMILES string of the molecule is NCc1ccc(CC(=O)N2CCC3(CC2)OCCO3)cc1. The van der Waals surface area contributed by atoms with Gasteiger partial charge in [0.05, 0.1) is 19.6 Å². The number of piperidine rings is 1. The molecule has 2 N–H and O–H groups in total. The summed E-state index contributed by atoms with van der Waals surface area (Å²) in [5, 5.41) is 0. The van der Waals surface area contributed by atoms with Crippen LogP contribution >= 0.6 is 0 Å². The number of hydrogen-bond donors (Lipinski definition) is 1. The van der Waals surface area contributed by atoms with E-state index in [4.69, 9.17) is 15.2 Å². The third-order valence-electron chi connectivity index (χ3n) is 4.31. The number of likely N-dealkylation sites (tertiary alicyclic amines) is 1. The van der Waals surface area contributed by atoms with Gasteiger partial charge < -0.3 is 20.1 Å². The van der Waals surface area contributed by atoms with Crippen LogP contribution in [0.25, 0.3) is 0 Å². The number of rotatable bonds is 3. The molecule has 2 aliphatic rings. The lowest BCUT2D eigenvalue weighted by Gasteiger charge is -2.37. The molecule has 2 aliphatic heterocycles. The lowest BCUT2D eigenvalue weighted by Crippen LogP contribution is -2.47. The summed E-state index contributed by atoms with van der Waals surface area (Å²) in [5.41, 5.74) is 7.69. The summed E-state index contributed by atoms with van der Waals surface area (Å²) in [4.78, 5) is 14.3. The van der Waals surface area contributed by atoms with Crippen LogP contribution in [0.1, 0.15) is 24.0 Å². The average Bonchev–Trinajstić information content (AvgIpc) is 2.97. The predicted molar refractivity (Wildman–Crippen MR) is 78.5 cm³/mol. The monoisotopic (exact) mass is 290 g/mol. The third-order valence-corrected chi connectivity index (χ3v) is 4.31. The Morgan fingerprint density at radius 1 is 1.10 bits per heavy atom.